The molecule has 1 aliphatic heterocycles. The number of halogens is 1. The Balaban J connectivity index is 1.91. The number of hydrogen-bond acceptors (Lipinski definition) is 4. The van der Waals surface area contributed by atoms with E-state index in [-0.39, 0.29) is 24.5 Å². The highest BCUT2D eigenvalue weighted by Crippen LogP contribution is 2.31. The maximum absolute atomic E-state index is 13.1. The van der Waals surface area contributed by atoms with Crippen LogP contribution in [0.2, 0.25) is 5.02 Å². The molecule has 1 fully saturated rings. The van der Waals surface area contributed by atoms with Crippen molar-refractivity contribution >= 4 is 29.1 Å². The van der Waals surface area contributed by atoms with Crippen LogP contribution in [0.15, 0.2) is 24.3 Å². The van der Waals surface area contributed by atoms with Crippen LogP contribution in [0.3, 0.4) is 0 Å². The van der Waals surface area contributed by atoms with Gasteiger partial charge in [-0.25, -0.2) is 0 Å². The van der Waals surface area contributed by atoms with Crippen molar-refractivity contribution in [1.82, 2.24) is 14.7 Å². The summed E-state index contributed by atoms with van der Waals surface area (Å²) >= 11 is 5.98. The number of rotatable bonds is 4. The summed E-state index contributed by atoms with van der Waals surface area (Å²) < 4.78 is 7.54. The van der Waals surface area contributed by atoms with Gasteiger partial charge in [-0.3, -0.25) is 14.3 Å². The molecule has 2 atom stereocenters. The average Bonchev–Trinajstić information content (AvgIpc) is 2.93. The van der Waals surface area contributed by atoms with E-state index in [0.29, 0.717) is 10.7 Å². The van der Waals surface area contributed by atoms with E-state index in [1.54, 1.807) is 36.2 Å². The molecular formula is C20H25ClN4O3. The van der Waals surface area contributed by atoms with Crippen molar-refractivity contribution in [1.29, 1.82) is 0 Å². The number of carbonyl (C=O) groups is 2. The first-order chi connectivity index (χ1) is 13.2. The number of anilines is 1. The van der Waals surface area contributed by atoms with Gasteiger partial charge in [0, 0.05) is 18.1 Å². The van der Waals surface area contributed by atoms with Crippen molar-refractivity contribution in [2.75, 3.05) is 19.0 Å². The standard InChI is InChI=1S/C20H25ClN4O3/c1-11(2)25-13(4)17(12(3)23-25)22-20(27)19-18(24(5)16(26)10-28-19)14-6-8-15(21)9-7-14/h6-9,11,18-19H,10H2,1-5H3,(H,22,27). The molecule has 0 spiro atoms. The minimum Gasteiger partial charge on any atom is -0.356 e. The fourth-order valence-electron chi connectivity index (χ4n) is 3.53. The van der Waals surface area contributed by atoms with Crippen LogP contribution in [0, 0.1) is 13.8 Å². The van der Waals surface area contributed by atoms with Crippen LogP contribution in [0.1, 0.15) is 42.9 Å². The van der Waals surface area contributed by atoms with Crippen LogP contribution in [0.4, 0.5) is 5.69 Å². The van der Waals surface area contributed by atoms with E-state index in [2.05, 4.69) is 10.4 Å². The summed E-state index contributed by atoms with van der Waals surface area (Å²) in [5.74, 6) is -0.488. The molecule has 7 nitrogen and oxygen atoms in total. The molecule has 1 N–H and O–H groups in total. The molecule has 0 aliphatic carbocycles. The number of ether oxygens (including phenoxy) is 1. The van der Waals surface area contributed by atoms with Crippen molar-refractivity contribution in [3.63, 3.8) is 0 Å². The molecule has 8 heteroatoms. The first-order valence-electron chi connectivity index (χ1n) is 9.20. The van der Waals surface area contributed by atoms with Crippen LogP contribution in [0.5, 0.6) is 0 Å². The van der Waals surface area contributed by atoms with E-state index in [1.165, 1.54) is 0 Å². The normalized spacial score (nSPS) is 20.0. The molecule has 0 bridgehead atoms. The van der Waals surface area contributed by atoms with Gasteiger partial charge < -0.3 is 15.0 Å². The Morgan fingerprint density at radius 2 is 1.93 bits per heavy atom. The van der Waals surface area contributed by atoms with E-state index in [4.69, 9.17) is 16.3 Å². The third-order valence-corrected chi connectivity index (χ3v) is 5.27. The third-order valence-electron chi connectivity index (χ3n) is 5.02. The van der Waals surface area contributed by atoms with Crippen molar-refractivity contribution < 1.29 is 14.3 Å². The molecule has 2 amide bonds. The summed E-state index contributed by atoms with van der Waals surface area (Å²) in [6.45, 7) is 7.71. The molecule has 2 heterocycles. The number of benzene rings is 1. The molecule has 1 aliphatic rings. The van der Waals surface area contributed by atoms with Crippen molar-refractivity contribution in [3.05, 3.63) is 46.2 Å². The summed E-state index contributed by atoms with van der Waals surface area (Å²) in [7, 11) is 1.68. The Kier molecular flexibility index (Phi) is 5.76. The summed E-state index contributed by atoms with van der Waals surface area (Å²) in [6.07, 6.45) is -0.843. The summed E-state index contributed by atoms with van der Waals surface area (Å²) in [5, 5.41) is 8.05. The highest BCUT2D eigenvalue weighted by atomic mass is 35.5. The summed E-state index contributed by atoms with van der Waals surface area (Å²) in [6, 6.07) is 6.72. The maximum atomic E-state index is 13.1. The van der Waals surface area contributed by atoms with E-state index in [9.17, 15) is 9.59 Å². The van der Waals surface area contributed by atoms with Gasteiger partial charge in [0.2, 0.25) is 5.91 Å². The molecule has 3 rings (SSSR count). The SMILES string of the molecule is Cc1nn(C(C)C)c(C)c1NC(=O)C1OCC(=O)N(C)C1c1ccc(Cl)cc1. The fourth-order valence-corrected chi connectivity index (χ4v) is 3.66. The lowest BCUT2D eigenvalue weighted by atomic mass is 9.97. The number of likely N-dealkylation sites (N-methyl/N-ethyl adjacent to an activating group) is 1. The highest BCUT2D eigenvalue weighted by molar-refractivity contribution is 6.30. The largest absolute Gasteiger partial charge is 0.356 e. The molecular weight excluding hydrogens is 380 g/mol. The van der Waals surface area contributed by atoms with E-state index < -0.39 is 12.1 Å². The predicted octanol–water partition coefficient (Wildman–Crippen LogP) is 3.27. The minimum atomic E-state index is -0.843. The first-order valence-corrected chi connectivity index (χ1v) is 9.57. The Hall–Kier alpha value is -2.38. The smallest absolute Gasteiger partial charge is 0.256 e. The van der Waals surface area contributed by atoms with E-state index in [1.807, 2.05) is 32.4 Å². The number of amides is 2. The lowest BCUT2D eigenvalue weighted by molar-refractivity contribution is -0.160. The van der Waals surface area contributed by atoms with Crippen LogP contribution < -0.4 is 5.32 Å². The van der Waals surface area contributed by atoms with Gasteiger partial charge in [0.1, 0.15) is 6.61 Å². The van der Waals surface area contributed by atoms with Crippen molar-refractivity contribution in [2.45, 2.75) is 45.9 Å². The monoisotopic (exact) mass is 404 g/mol. The Morgan fingerprint density at radius 3 is 2.50 bits per heavy atom. The number of nitrogens with zero attached hydrogens (tertiary/aromatic N) is 3. The molecule has 150 valence electrons. The van der Waals surface area contributed by atoms with Gasteiger partial charge in [0.15, 0.2) is 6.10 Å². The summed E-state index contributed by atoms with van der Waals surface area (Å²) in [5.41, 5.74) is 3.08. The van der Waals surface area contributed by atoms with Gasteiger partial charge in [0.05, 0.1) is 23.1 Å². The molecule has 28 heavy (non-hydrogen) atoms. The zero-order chi connectivity index (χ0) is 20.6. The van der Waals surface area contributed by atoms with E-state index in [0.717, 1.165) is 17.0 Å². The second-order valence-electron chi connectivity index (χ2n) is 7.31. The van der Waals surface area contributed by atoms with Gasteiger partial charge in [-0.05, 0) is 45.4 Å². The Morgan fingerprint density at radius 1 is 1.29 bits per heavy atom. The van der Waals surface area contributed by atoms with Crippen LogP contribution in [-0.4, -0.2) is 46.3 Å². The molecule has 2 aromatic rings. The lowest BCUT2D eigenvalue weighted by Gasteiger charge is -2.38. The first kappa shape index (κ1) is 20.4. The number of aromatic nitrogens is 2. The molecule has 2 unspecified atom stereocenters. The zero-order valence-corrected chi connectivity index (χ0v) is 17.4. The van der Waals surface area contributed by atoms with Gasteiger partial charge >= 0.3 is 0 Å². The number of carbonyl (C=O) groups excluding carboxylic acids is 2. The van der Waals surface area contributed by atoms with Gasteiger partial charge in [-0.1, -0.05) is 23.7 Å². The quantitative estimate of drug-likeness (QED) is 0.848. The van der Waals surface area contributed by atoms with Gasteiger partial charge in [0.25, 0.3) is 5.91 Å². The second-order valence-corrected chi connectivity index (χ2v) is 7.74. The Bertz CT molecular complexity index is 892. The second kappa shape index (κ2) is 7.93. The number of nitrogens with one attached hydrogen (secondary N) is 1. The molecule has 1 aromatic carbocycles. The molecule has 1 saturated heterocycles. The molecule has 1 aromatic heterocycles. The molecule has 0 radical (unpaired) electrons. The number of hydrogen-bond donors (Lipinski definition) is 1. The van der Waals surface area contributed by atoms with Crippen molar-refractivity contribution in [3.8, 4) is 0 Å². The summed E-state index contributed by atoms with van der Waals surface area (Å²) in [4.78, 5) is 26.9. The van der Waals surface area contributed by atoms with Gasteiger partial charge in [-0.15, -0.1) is 0 Å². The highest BCUT2D eigenvalue weighted by Gasteiger charge is 2.40. The average molecular weight is 405 g/mol. The topological polar surface area (TPSA) is 76.5 Å². The Labute approximate surface area is 169 Å². The lowest BCUT2D eigenvalue weighted by Crippen LogP contribution is -2.51. The predicted molar refractivity (Wildman–Crippen MR) is 107 cm³/mol. The van der Waals surface area contributed by atoms with E-state index >= 15 is 0 Å². The number of morpholine rings is 1. The van der Waals surface area contributed by atoms with Crippen LogP contribution in [-0.2, 0) is 14.3 Å². The van der Waals surface area contributed by atoms with Gasteiger partial charge in [-0.2, -0.15) is 5.10 Å². The van der Waals surface area contributed by atoms with Crippen LogP contribution >= 0.6 is 11.6 Å². The van der Waals surface area contributed by atoms with Crippen LogP contribution in [0.25, 0.3) is 0 Å². The molecule has 0 saturated carbocycles. The third kappa shape index (κ3) is 3.77. The maximum Gasteiger partial charge on any atom is 0.256 e. The zero-order valence-electron chi connectivity index (χ0n) is 16.7. The van der Waals surface area contributed by atoms with Crippen molar-refractivity contribution in [2.24, 2.45) is 0 Å². The number of aryl methyl sites for hydroxylation is 1. The fraction of sp³-hybridized carbons (Fsp3) is 0.450. The minimum absolute atomic E-state index is 0.137.